The van der Waals surface area contributed by atoms with Gasteiger partial charge in [-0.3, -0.25) is 9.59 Å². The predicted octanol–water partition coefficient (Wildman–Crippen LogP) is 2.38. The Labute approximate surface area is 132 Å². The largest absolute Gasteiger partial charge is 0.353 e. The Bertz CT molecular complexity index is 554. The fourth-order valence-electron chi connectivity index (χ4n) is 2.91. The first-order valence-corrected chi connectivity index (χ1v) is 8.08. The number of piperidine rings is 1. The van der Waals surface area contributed by atoms with Crippen LogP contribution in [0, 0.1) is 19.8 Å². The van der Waals surface area contributed by atoms with Crippen LogP contribution in [0.2, 0.25) is 0 Å². The summed E-state index contributed by atoms with van der Waals surface area (Å²) in [5.74, 6) is 0.472. The third-order valence-electron chi connectivity index (χ3n) is 4.40. The quantitative estimate of drug-likeness (QED) is 0.821. The average Bonchev–Trinajstić information content (AvgIpc) is 2.49. The van der Waals surface area contributed by atoms with Crippen molar-refractivity contribution in [1.29, 1.82) is 0 Å². The first-order valence-electron chi connectivity index (χ1n) is 8.08. The minimum atomic E-state index is -0.0163. The van der Waals surface area contributed by atoms with Crippen molar-refractivity contribution in [2.24, 2.45) is 5.92 Å². The Morgan fingerprint density at radius 2 is 2.05 bits per heavy atom. The van der Waals surface area contributed by atoms with Gasteiger partial charge in [-0.25, -0.2) is 0 Å². The van der Waals surface area contributed by atoms with Crippen LogP contribution in [0.4, 0.5) is 0 Å². The monoisotopic (exact) mass is 302 g/mol. The molecule has 4 nitrogen and oxygen atoms in total. The highest BCUT2D eigenvalue weighted by molar-refractivity contribution is 5.99. The molecule has 1 aliphatic rings. The third kappa shape index (κ3) is 4.41. The first-order chi connectivity index (χ1) is 10.5. The van der Waals surface area contributed by atoms with Crippen molar-refractivity contribution < 1.29 is 9.59 Å². The Morgan fingerprint density at radius 3 is 2.77 bits per heavy atom. The topological polar surface area (TPSA) is 58.2 Å². The van der Waals surface area contributed by atoms with Gasteiger partial charge in [0.05, 0.1) is 0 Å². The second kappa shape index (κ2) is 7.54. The Balaban J connectivity index is 1.85. The van der Waals surface area contributed by atoms with Crippen molar-refractivity contribution in [2.45, 2.75) is 46.1 Å². The summed E-state index contributed by atoms with van der Waals surface area (Å²) in [4.78, 5) is 24.3. The Morgan fingerprint density at radius 1 is 1.27 bits per heavy atom. The Hall–Kier alpha value is -1.68. The highest BCUT2D eigenvalue weighted by Crippen LogP contribution is 2.15. The number of hydrogen-bond acceptors (Lipinski definition) is 3. The molecule has 2 N–H and O–H groups in total. The van der Waals surface area contributed by atoms with Crippen LogP contribution in [0.3, 0.4) is 0 Å². The molecule has 1 saturated heterocycles. The van der Waals surface area contributed by atoms with Gasteiger partial charge >= 0.3 is 0 Å². The van der Waals surface area contributed by atoms with Crippen LogP contribution in [0.25, 0.3) is 0 Å². The molecule has 1 amide bonds. The molecule has 1 aliphatic heterocycles. The van der Waals surface area contributed by atoms with Gasteiger partial charge in [0.1, 0.15) is 0 Å². The summed E-state index contributed by atoms with van der Waals surface area (Å²) in [6.07, 6.45) is 1.50. The molecule has 2 unspecified atom stereocenters. The van der Waals surface area contributed by atoms with Gasteiger partial charge in [0.15, 0.2) is 5.78 Å². The summed E-state index contributed by atoms with van der Waals surface area (Å²) in [5, 5.41) is 6.39. The van der Waals surface area contributed by atoms with Gasteiger partial charge in [0.2, 0.25) is 5.91 Å². The molecule has 0 radical (unpaired) electrons. The second-order valence-electron chi connectivity index (χ2n) is 6.39. The van der Waals surface area contributed by atoms with Gasteiger partial charge in [0.25, 0.3) is 0 Å². The number of hydrogen-bond donors (Lipinski definition) is 2. The number of nitrogens with one attached hydrogen (secondary N) is 2. The van der Waals surface area contributed by atoms with Crippen molar-refractivity contribution in [3.05, 3.63) is 34.9 Å². The maximum Gasteiger partial charge on any atom is 0.220 e. The molecular weight excluding hydrogens is 276 g/mol. The van der Waals surface area contributed by atoms with Crippen LogP contribution in [-0.2, 0) is 4.79 Å². The molecule has 22 heavy (non-hydrogen) atoms. The number of amides is 1. The normalized spacial score (nSPS) is 21.4. The molecule has 4 heteroatoms. The molecule has 1 heterocycles. The average molecular weight is 302 g/mol. The minimum Gasteiger partial charge on any atom is -0.353 e. The fourth-order valence-corrected chi connectivity index (χ4v) is 2.91. The van der Waals surface area contributed by atoms with Gasteiger partial charge in [0, 0.05) is 24.4 Å². The van der Waals surface area contributed by atoms with E-state index in [1.54, 1.807) is 0 Å². The maximum absolute atomic E-state index is 12.3. The van der Waals surface area contributed by atoms with Crippen molar-refractivity contribution in [1.82, 2.24) is 10.6 Å². The maximum atomic E-state index is 12.3. The van der Waals surface area contributed by atoms with Gasteiger partial charge in [-0.2, -0.15) is 0 Å². The van der Waals surface area contributed by atoms with Crippen molar-refractivity contribution in [3.8, 4) is 0 Å². The van der Waals surface area contributed by atoms with E-state index in [9.17, 15) is 9.59 Å². The zero-order valence-corrected chi connectivity index (χ0v) is 13.7. The van der Waals surface area contributed by atoms with E-state index < -0.39 is 0 Å². The first kappa shape index (κ1) is 16.7. The molecule has 0 spiro atoms. The van der Waals surface area contributed by atoms with Gasteiger partial charge in [-0.15, -0.1) is 0 Å². The number of rotatable bonds is 5. The van der Waals surface area contributed by atoms with Crippen molar-refractivity contribution in [3.63, 3.8) is 0 Å². The zero-order chi connectivity index (χ0) is 16.1. The molecule has 1 fully saturated rings. The van der Waals surface area contributed by atoms with Gasteiger partial charge in [-0.1, -0.05) is 24.6 Å². The van der Waals surface area contributed by atoms with E-state index in [-0.39, 0.29) is 30.6 Å². The molecule has 0 aromatic heterocycles. The summed E-state index contributed by atoms with van der Waals surface area (Å²) in [7, 11) is 0. The molecule has 0 aliphatic carbocycles. The Kier molecular flexibility index (Phi) is 5.72. The number of carbonyl (C=O) groups is 2. The van der Waals surface area contributed by atoms with E-state index in [1.165, 1.54) is 0 Å². The lowest BCUT2D eigenvalue weighted by molar-refractivity contribution is -0.122. The molecule has 0 bridgehead atoms. The van der Waals surface area contributed by atoms with Crippen LogP contribution in [-0.4, -0.2) is 30.8 Å². The van der Waals surface area contributed by atoms with Crippen molar-refractivity contribution in [2.75, 3.05) is 13.1 Å². The standard InChI is InChI=1S/C18H26N2O2/c1-12-4-5-13(2)15(10-12)17(21)6-7-18(22)20-16-8-9-19-11-14(16)3/h4-5,10,14,16,19H,6-9,11H2,1-3H3,(H,20,22). The number of aryl methyl sites for hydroxylation is 2. The van der Waals surface area contributed by atoms with E-state index in [0.717, 1.165) is 36.2 Å². The predicted molar refractivity (Wildman–Crippen MR) is 88.1 cm³/mol. The molecule has 120 valence electrons. The second-order valence-corrected chi connectivity index (χ2v) is 6.39. The van der Waals surface area contributed by atoms with Gasteiger partial charge in [-0.05, 0) is 50.9 Å². The lowest BCUT2D eigenvalue weighted by Gasteiger charge is -2.30. The fraction of sp³-hybridized carbons (Fsp3) is 0.556. The van der Waals surface area contributed by atoms with Crippen molar-refractivity contribution >= 4 is 11.7 Å². The van der Waals surface area contributed by atoms with E-state index in [0.29, 0.717) is 5.92 Å². The molecule has 2 atom stereocenters. The third-order valence-corrected chi connectivity index (χ3v) is 4.40. The smallest absolute Gasteiger partial charge is 0.220 e. The van der Waals surface area contributed by atoms with Crippen LogP contribution < -0.4 is 10.6 Å². The van der Waals surface area contributed by atoms with Crippen LogP contribution in [0.15, 0.2) is 18.2 Å². The van der Waals surface area contributed by atoms with Crippen LogP contribution in [0.1, 0.15) is 47.7 Å². The van der Waals surface area contributed by atoms with Crippen LogP contribution >= 0.6 is 0 Å². The summed E-state index contributed by atoms with van der Waals surface area (Å²) >= 11 is 0. The highest BCUT2D eigenvalue weighted by Gasteiger charge is 2.22. The number of Topliss-reactive ketones (excluding diaryl/α,β-unsaturated/α-hetero) is 1. The van der Waals surface area contributed by atoms with Gasteiger partial charge < -0.3 is 10.6 Å². The van der Waals surface area contributed by atoms with E-state index >= 15 is 0 Å². The number of ketones is 1. The minimum absolute atomic E-state index is 0.0163. The van der Waals surface area contributed by atoms with E-state index in [4.69, 9.17) is 0 Å². The summed E-state index contributed by atoms with van der Waals surface area (Å²) < 4.78 is 0. The van der Waals surface area contributed by atoms with E-state index in [2.05, 4.69) is 17.6 Å². The molecule has 0 saturated carbocycles. The lowest BCUT2D eigenvalue weighted by atomic mass is 9.95. The van der Waals surface area contributed by atoms with Crippen LogP contribution in [0.5, 0.6) is 0 Å². The molecule has 1 aromatic carbocycles. The SMILES string of the molecule is Cc1ccc(C)c(C(=O)CCC(=O)NC2CCNCC2C)c1. The molecule has 2 rings (SSSR count). The lowest BCUT2D eigenvalue weighted by Crippen LogP contribution is -2.48. The zero-order valence-electron chi connectivity index (χ0n) is 13.7. The summed E-state index contributed by atoms with van der Waals surface area (Å²) in [5.41, 5.74) is 2.79. The molecular formula is C18H26N2O2. The number of carbonyl (C=O) groups excluding carboxylic acids is 2. The molecule has 1 aromatic rings. The highest BCUT2D eigenvalue weighted by atomic mass is 16.2. The summed E-state index contributed by atoms with van der Waals surface area (Å²) in [6, 6.07) is 6.09. The summed E-state index contributed by atoms with van der Waals surface area (Å²) in [6.45, 7) is 7.92. The number of benzene rings is 1. The van der Waals surface area contributed by atoms with E-state index in [1.807, 2.05) is 32.0 Å².